The second-order valence-electron chi connectivity index (χ2n) is 5.32. The smallest absolute Gasteiger partial charge is 0.263 e. The number of methoxy groups -OCH3 is 2. The Labute approximate surface area is 153 Å². The molecule has 1 heterocycles. The highest BCUT2D eigenvalue weighted by atomic mass is 19.1. The molecular weight excluding hydrogens is 357 g/mol. The van der Waals surface area contributed by atoms with Gasteiger partial charge in [0, 0.05) is 5.56 Å². The van der Waals surface area contributed by atoms with Crippen molar-refractivity contribution >= 4 is 11.7 Å². The Morgan fingerprint density at radius 2 is 1.81 bits per heavy atom. The van der Waals surface area contributed by atoms with Crippen LogP contribution < -0.4 is 19.5 Å². The van der Waals surface area contributed by atoms with Crippen LogP contribution in [-0.2, 0) is 4.79 Å². The molecular formula is C18H16FN3O5. The molecule has 1 amide bonds. The standard InChI is InChI=1S/C18H16FN3O5/c1-24-14-8-3-11(9-15(14)25-2)17-18(22-27-21-17)20-16(23)10-26-13-6-4-12(19)5-7-13/h3-9H,10H2,1-2H3,(H,20,22,23). The van der Waals surface area contributed by atoms with Crippen LogP contribution in [0.25, 0.3) is 11.3 Å². The summed E-state index contributed by atoms with van der Waals surface area (Å²) in [5, 5.41) is 10.1. The summed E-state index contributed by atoms with van der Waals surface area (Å²) in [6.45, 7) is -0.288. The maximum atomic E-state index is 12.9. The van der Waals surface area contributed by atoms with Crippen LogP contribution in [0.2, 0.25) is 0 Å². The first kappa shape index (κ1) is 18.2. The van der Waals surface area contributed by atoms with Gasteiger partial charge in [0.1, 0.15) is 11.6 Å². The van der Waals surface area contributed by atoms with Gasteiger partial charge in [-0.3, -0.25) is 4.79 Å². The molecule has 0 aliphatic carbocycles. The van der Waals surface area contributed by atoms with Crippen LogP contribution in [0.5, 0.6) is 17.2 Å². The second kappa shape index (κ2) is 8.17. The average molecular weight is 373 g/mol. The van der Waals surface area contributed by atoms with E-state index in [1.54, 1.807) is 18.2 Å². The van der Waals surface area contributed by atoms with Gasteiger partial charge >= 0.3 is 0 Å². The van der Waals surface area contributed by atoms with Gasteiger partial charge in [-0.15, -0.1) is 0 Å². The SMILES string of the molecule is COc1ccc(-c2nonc2NC(=O)COc2ccc(F)cc2)cc1OC. The fraction of sp³-hybridized carbons (Fsp3) is 0.167. The normalized spacial score (nSPS) is 10.3. The number of carbonyl (C=O) groups is 1. The van der Waals surface area contributed by atoms with Crippen molar-refractivity contribution < 1.29 is 28.0 Å². The van der Waals surface area contributed by atoms with Gasteiger partial charge in [-0.25, -0.2) is 9.02 Å². The lowest BCUT2D eigenvalue weighted by atomic mass is 10.1. The molecule has 0 bridgehead atoms. The molecule has 0 aliphatic rings. The number of nitrogens with one attached hydrogen (secondary N) is 1. The van der Waals surface area contributed by atoms with Gasteiger partial charge in [0.2, 0.25) is 5.82 Å². The number of aromatic nitrogens is 2. The molecule has 3 rings (SSSR count). The van der Waals surface area contributed by atoms with Crippen molar-refractivity contribution in [3.63, 3.8) is 0 Å². The third-order valence-corrected chi connectivity index (χ3v) is 3.59. The summed E-state index contributed by atoms with van der Waals surface area (Å²) in [6, 6.07) is 10.4. The fourth-order valence-corrected chi connectivity index (χ4v) is 2.29. The molecule has 0 saturated heterocycles. The van der Waals surface area contributed by atoms with Gasteiger partial charge in [0.25, 0.3) is 5.91 Å². The highest BCUT2D eigenvalue weighted by Crippen LogP contribution is 2.33. The Morgan fingerprint density at radius 3 is 2.52 bits per heavy atom. The number of ether oxygens (including phenoxy) is 3. The molecule has 8 nitrogen and oxygen atoms in total. The summed E-state index contributed by atoms with van der Waals surface area (Å²) in [5.41, 5.74) is 0.940. The Kier molecular flexibility index (Phi) is 5.50. The third kappa shape index (κ3) is 4.32. The van der Waals surface area contributed by atoms with Crippen LogP contribution in [0.1, 0.15) is 0 Å². The topological polar surface area (TPSA) is 95.7 Å². The number of halogens is 1. The molecule has 0 unspecified atom stereocenters. The third-order valence-electron chi connectivity index (χ3n) is 3.59. The Balaban J connectivity index is 1.69. The molecule has 9 heteroatoms. The van der Waals surface area contributed by atoms with E-state index in [2.05, 4.69) is 15.6 Å². The number of benzene rings is 2. The minimum Gasteiger partial charge on any atom is -0.493 e. The van der Waals surface area contributed by atoms with Gasteiger partial charge < -0.3 is 19.5 Å². The van der Waals surface area contributed by atoms with E-state index in [0.717, 1.165) is 0 Å². The zero-order valence-electron chi connectivity index (χ0n) is 14.6. The van der Waals surface area contributed by atoms with Crippen molar-refractivity contribution in [1.29, 1.82) is 0 Å². The molecule has 27 heavy (non-hydrogen) atoms. The molecule has 140 valence electrons. The van der Waals surface area contributed by atoms with E-state index in [4.69, 9.17) is 18.8 Å². The second-order valence-corrected chi connectivity index (χ2v) is 5.32. The van der Waals surface area contributed by atoms with Crippen LogP contribution in [0.4, 0.5) is 10.2 Å². The van der Waals surface area contributed by atoms with Crippen molar-refractivity contribution in [2.75, 3.05) is 26.1 Å². The van der Waals surface area contributed by atoms with Crippen molar-refractivity contribution in [3.8, 4) is 28.5 Å². The molecule has 1 aromatic heterocycles. The van der Waals surface area contributed by atoms with Crippen LogP contribution >= 0.6 is 0 Å². The number of nitrogens with zero attached hydrogens (tertiary/aromatic N) is 2. The molecule has 0 radical (unpaired) electrons. The van der Waals surface area contributed by atoms with Gasteiger partial charge in [0.05, 0.1) is 14.2 Å². The number of carbonyl (C=O) groups excluding carboxylic acids is 1. The molecule has 0 saturated carbocycles. The molecule has 0 fully saturated rings. The number of anilines is 1. The van der Waals surface area contributed by atoms with Crippen molar-refractivity contribution in [1.82, 2.24) is 10.3 Å². The first-order valence-electron chi connectivity index (χ1n) is 7.84. The van der Waals surface area contributed by atoms with E-state index < -0.39 is 5.91 Å². The Morgan fingerprint density at radius 1 is 1.07 bits per heavy atom. The summed E-state index contributed by atoms with van der Waals surface area (Å²) >= 11 is 0. The molecule has 1 N–H and O–H groups in total. The predicted molar refractivity (Wildman–Crippen MR) is 93.4 cm³/mol. The first-order valence-corrected chi connectivity index (χ1v) is 7.84. The maximum Gasteiger partial charge on any atom is 0.263 e. The largest absolute Gasteiger partial charge is 0.493 e. The van der Waals surface area contributed by atoms with Gasteiger partial charge in [0.15, 0.2) is 23.8 Å². The Hall–Kier alpha value is -3.62. The molecule has 3 aromatic rings. The average Bonchev–Trinajstić information content (AvgIpc) is 3.15. The molecule has 0 atom stereocenters. The van der Waals surface area contributed by atoms with E-state index >= 15 is 0 Å². The number of rotatable bonds is 7. The minimum atomic E-state index is -0.475. The zero-order valence-corrected chi connectivity index (χ0v) is 14.6. The highest BCUT2D eigenvalue weighted by Gasteiger charge is 2.17. The maximum absolute atomic E-state index is 12.9. The molecule has 2 aromatic carbocycles. The highest BCUT2D eigenvalue weighted by molar-refractivity contribution is 5.94. The predicted octanol–water partition coefficient (Wildman–Crippen LogP) is 2.91. The lowest BCUT2D eigenvalue weighted by molar-refractivity contribution is -0.118. The number of hydrogen-bond donors (Lipinski definition) is 1. The van der Waals surface area contributed by atoms with E-state index in [-0.39, 0.29) is 18.2 Å². The fourth-order valence-electron chi connectivity index (χ4n) is 2.29. The molecule has 0 spiro atoms. The quantitative estimate of drug-likeness (QED) is 0.680. The van der Waals surface area contributed by atoms with Crippen LogP contribution in [0.3, 0.4) is 0 Å². The van der Waals surface area contributed by atoms with Crippen molar-refractivity contribution in [2.24, 2.45) is 0 Å². The van der Waals surface area contributed by atoms with Crippen LogP contribution in [-0.4, -0.2) is 37.0 Å². The summed E-state index contributed by atoms with van der Waals surface area (Å²) in [6.07, 6.45) is 0. The Bertz CT molecular complexity index is 927. The summed E-state index contributed by atoms with van der Waals surface area (Å²) in [5.74, 6) is 0.683. The van der Waals surface area contributed by atoms with Crippen LogP contribution in [0.15, 0.2) is 47.1 Å². The van der Waals surface area contributed by atoms with E-state index in [9.17, 15) is 9.18 Å². The summed E-state index contributed by atoms with van der Waals surface area (Å²) in [7, 11) is 3.04. The van der Waals surface area contributed by atoms with E-state index in [0.29, 0.717) is 28.5 Å². The lowest BCUT2D eigenvalue weighted by Gasteiger charge is -2.09. The number of hydrogen-bond acceptors (Lipinski definition) is 7. The first-order chi connectivity index (χ1) is 13.1. The summed E-state index contributed by atoms with van der Waals surface area (Å²) < 4.78 is 33.3. The van der Waals surface area contributed by atoms with E-state index in [1.165, 1.54) is 38.5 Å². The van der Waals surface area contributed by atoms with Gasteiger partial charge in [-0.2, -0.15) is 0 Å². The zero-order chi connectivity index (χ0) is 19.2. The van der Waals surface area contributed by atoms with Crippen molar-refractivity contribution in [2.45, 2.75) is 0 Å². The van der Waals surface area contributed by atoms with E-state index in [1.807, 2.05) is 0 Å². The van der Waals surface area contributed by atoms with Gasteiger partial charge in [-0.1, -0.05) is 0 Å². The molecule has 0 aliphatic heterocycles. The minimum absolute atomic E-state index is 0.134. The van der Waals surface area contributed by atoms with Gasteiger partial charge in [-0.05, 0) is 52.8 Å². The van der Waals surface area contributed by atoms with Crippen molar-refractivity contribution in [3.05, 3.63) is 48.3 Å². The summed E-state index contributed by atoms with van der Waals surface area (Å²) in [4.78, 5) is 12.1. The number of amides is 1. The lowest BCUT2D eigenvalue weighted by Crippen LogP contribution is -2.20. The monoisotopic (exact) mass is 373 g/mol. The van der Waals surface area contributed by atoms with Crippen LogP contribution in [0, 0.1) is 5.82 Å².